The van der Waals surface area contributed by atoms with Gasteiger partial charge in [0.25, 0.3) is 15.9 Å². The van der Waals surface area contributed by atoms with Crippen molar-refractivity contribution in [2.45, 2.75) is 18.2 Å². The van der Waals surface area contributed by atoms with Crippen LogP contribution >= 0.6 is 0 Å². The molecule has 1 amide bonds. The van der Waals surface area contributed by atoms with Gasteiger partial charge in [-0.25, -0.2) is 12.7 Å². The molecule has 0 spiro atoms. The van der Waals surface area contributed by atoms with E-state index in [1.54, 1.807) is 43.3 Å². The third kappa shape index (κ3) is 3.15. The molecule has 1 aliphatic rings. The average Bonchev–Trinajstić information content (AvgIpc) is 2.82. The lowest BCUT2D eigenvalue weighted by molar-refractivity contribution is 0.0856. The van der Waals surface area contributed by atoms with Crippen molar-refractivity contribution in [2.75, 3.05) is 13.2 Å². The summed E-state index contributed by atoms with van der Waals surface area (Å²) in [5.74, 6) is 0.00960. The number of Topliss-reactive ketones (excluding diaryl/α,β-unsaturated/α-hetero) is 1. The molecule has 7 heteroatoms. The van der Waals surface area contributed by atoms with E-state index in [-0.39, 0.29) is 29.4 Å². The molecule has 0 unspecified atom stereocenters. The van der Waals surface area contributed by atoms with E-state index in [0.29, 0.717) is 17.7 Å². The number of hydrogen-bond acceptors (Lipinski definition) is 5. The number of carbonyl (C=O) groups is 2. The topological polar surface area (TPSA) is 80.8 Å². The number of carbonyl (C=O) groups excluding carboxylic acids is 2. The van der Waals surface area contributed by atoms with E-state index >= 15 is 0 Å². The van der Waals surface area contributed by atoms with E-state index in [9.17, 15) is 18.0 Å². The van der Waals surface area contributed by atoms with Gasteiger partial charge in [-0.15, -0.1) is 0 Å². The Labute approximate surface area is 146 Å². The maximum atomic E-state index is 12.4. The van der Waals surface area contributed by atoms with Gasteiger partial charge in [0.15, 0.2) is 5.78 Å². The highest BCUT2D eigenvalue weighted by molar-refractivity contribution is 7.90. The molecule has 1 heterocycles. The molecule has 130 valence electrons. The number of fused-ring (bicyclic) bond motifs is 1. The molecule has 0 radical (unpaired) electrons. The van der Waals surface area contributed by atoms with Gasteiger partial charge >= 0.3 is 0 Å². The van der Waals surface area contributed by atoms with Crippen LogP contribution in [0.4, 0.5) is 0 Å². The molecule has 0 fully saturated rings. The molecule has 1 aliphatic heterocycles. The summed E-state index contributed by atoms with van der Waals surface area (Å²) < 4.78 is 31.1. The largest absolute Gasteiger partial charge is 0.492 e. The zero-order chi connectivity index (χ0) is 18.0. The first kappa shape index (κ1) is 17.2. The van der Waals surface area contributed by atoms with Crippen LogP contribution in [0.15, 0.2) is 53.4 Å². The number of nitrogens with zero attached hydrogens (tertiary/aromatic N) is 1. The molecule has 0 aliphatic carbocycles. The molecule has 2 aromatic carbocycles. The van der Waals surface area contributed by atoms with E-state index in [1.807, 2.05) is 0 Å². The van der Waals surface area contributed by atoms with Crippen LogP contribution in [0.25, 0.3) is 0 Å². The first-order chi connectivity index (χ1) is 11.9. The van der Waals surface area contributed by atoms with Crippen molar-refractivity contribution in [2.24, 2.45) is 0 Å². The monoisotopic (exact) mass is 359 g/mol. The molecule has 0 saturated carbocycles. The van der Waals surface area contributed by atoms with Crippen molar-refractivity contribution in [1.29, 1.82) is 0 Å². The van der Waals surface area contributed by atoms with Crippen LogP contribution in [-0.2, 0) is 10.0 Å². The zero-order valence-electron chi connectivity index (χ0n) is 13.6. The average molecular weight is 359 g/mol. The molecule has 6 nitrogen and oxygen atoms in total. The second kappa shape index (κ2) is 6.68. The summed E-state index contributed by atoms with van der Waals surface area (Å²) in [5.41, 5.74) is 0.785. The maximum absolute atomic E-state index is 12.4. The van der Waals surface area contributed by atoms with Gasteiger partial charge in [0.2, 0.25) is 0 Å². The Morgan fingerprint density at radius 3 is 2.40 bits per heavy atom. The fourth-order valence-corrected chi connectivity index (χ4v) is 4.19. The summed E-state index contributed by atoms with van der Waals surface area (Å²) in [4.78, 5) is 23.9. The van der Waals surface area contributed by atoms with E-state index in [1.165, 1.54) is 12.1 Å². The van der Waals surface area contributed by atoms with Gasteiger partial charge in [0.05, 0.1) is 12.1 Å². The Morgan fingerprint density at radius 2 is 1.76 bits per heavy atom. The van der Waals surface area contributed by atoms with Gasteiger partial charge < -0.3 is 4.74 Å². The van der Waals surface area contributed by atoms with E-state index < -0.39 is 15.9 Å². The Bertz CT molecular complexity index is 919. The SMILES string of the molecule is CCC(=O)c1ccc(OCCN2C(=O)c3ccccc3S2(=O)=O)cc1. The fraction of sp³-hybridized carbons (Fsp3) is 0.222. The fourth-order valence-electron chi connectivity index (χ4n) is 2.64. The Balaban J connectivity index is 1.65. The summed E-state index contributed by atoms with van der Waals surface area (Å²) in [6, 6.07) is 12.8. The number of rotatable bonds is 6. The lowest BCUT2D eigenvalue weighted by Crippen LogP contribution is -2.33. The minimum Gasteiger partial charge on any atom is -0.492 e. The van der Waals surface area contributed by atoms with Crippen molar-refractivity contribution < 1.29 is 22.7 Å². The van der Waals surface area contributed by atoms with E-state index in [2.05, 4.69) is 0 Å². The van der Waals surface area contributed by atoms with Crippen molar-refractivity contribution in [1.82, 2.24) is 4.31 Å². The smallest absolute Gasteiger partial charge is 0.269 e. The van der Waals surface area contributed by atoms with E-state index in [0.717, 1.165) is 4.31 Å². The number of benzene rings is 2. The summed E-state index contributed by atoms with van der Waals surface area (Å²) in [7, 11) is -3.81. The molecule has 0 aromatic heterocycles. The van der Waals surface area contributed by atoms with Crippen LogP contribution in [0.3, 0.4) is 0 Å². The van der Waals surface area contributed by atoms with Crippen LogP contribution in [0.1, 0.15) is 34.1 Å². The number of ether oxygens (including phenoxy) is 1. The molecule has 0 saturated heterocycles. The lowest BCUT2D eigenvalue weighted by atomic mass is 10.1. The van der Waals surface area contributed by atoms with Gasteiger partial charge in [-0.3, -0.25) is 9.59 Å². The highest BCUT2D eigenvalue weighted by Crippen LogP contribution is 2.29. The molecule has 0 bridgehead atoms. The highest BCUT2D eigenvalue weighted by Gasteiger charge is 2.40. The Morgan fingerprint density at radius 1 is 1.08 bits per heavy atom. The predicted octanol–water partition coefficient (Wildman–Crippen LogP) is 2.50. The van der Waals surface area contributed by atoms with Crippen molar-refractivity contribution >= 4 is 21.7 Å². The maximum Gasteiger partial charge on any atom is 0.269 e. The van der Waals surface area contributed by atoms with Gasteiger partial charge in [0.1, 0.15) is 17.3 Å². The number of ketones is 1. The third-order valence-electron chi connectivity index (χ3n) is 3.97. The van der Waals surface area contributed by atoms with Gasteiger partial charge in [-0.2, -0.15) is 0 Å². The lowest BCUT2D eigenvalue weighted by Gasteiger charge is -2.15. The number of sulfonamides is 1. The summed E-state index contributed by atoms with van der Waals surface area (Å²) in [6.45, 7) is 1.74. The summed E-state index contributed by atoms with van der Waals surface area (Å²) >= 11 is 0. The van der Waals surface area contributed by atoms with Crippen molar-refractivity contribution in [3.05, 3.63) is 59.7 Å². The predicted molar refractivity (Wildman–Crippen MR) is 91.2 cm³/mol. The first-order valence-electron chi connectivity index (χ1n) is 7.87. The van der Waals surface area contributed by atoms with Crippen LogP contribution in [-0.4, -0.2) is 37.6 Å². The third-order valence-corrected chi connectivity index (χ3v) is 5.81. The van der Waals surface area contributed by atoms with Crippen LogP contribution in [0.5, 0.6) is 5.75 Å². The molecule has 2 aromatic rings. The minimum absolute atomic E-state index is 0.0278. The van der Waals surface area contributed by atoms with Crippen LogP contribution < -0.4 is 4.74 Å². The molecular formula is C18H17NO5S. The summed E-state index contributed by atoms with van der Waals surface area (Å²) in [6.07, 6.45) is 0.426. The highest BCUT2D eigenvalue weighted by atomic mass is 32.2. The first-order valence-corrected chi connectivity index (χ1v) is 9.31. The molecule has 25 heavy (non-hydrogen) atoms. The number of amides is 1. The normalized spacial score (nSPS) is 15.1. The molecule has 0 N–H and O–H groups in total. The van der Waals surface area contributed by atoms with Crippen molar-refractivity contribution in [3.63, 3.8) is 0 Å². The van der Waals surface area contributed by atoms with Crippen LogP contribution in [0.2, 0.25) is 0 Å². The molecular weight excluding hydrogens is 342 g/mol. The second-order valence-corrected chi connectivity index (χ2v) is 7.36. The Kier molecular flexibility index (Phi) is 4.59. The quantitative estimate of drug-likeness (QED) is 0.740. The van der Waals surface area contributed by atoms with Gasteiger partial charge in [-0.05, 0) is 36.4 Å². The van der Waals surface area contributed by atoms with Crippen molar-refractivity contribution in [3.8, 4) is 5.75 Å². The van der Waals surface area contributed by atoms with Gasteiger partial charge in [0, 0.05) is 12.0 Å². The molecule has 3 rings (SSSR count). The number of hydrogen-bond donors (Lipinski definition) is 0. The minimum atomic E-state index is -3.81. The second-order valence-electron chi connectivity index (χ2n) is 5.53. The zero-order valence-corrected chi connectivity index (χ0v) is 14.5. The molecule has 0 atom stereocenters. The Hall–Kier alpha value is -2.67. The van der Waals surface area contributed by atoms with Crippen LogP contribution in [0, 0.1) is 0 Å². The standard InChI is InChI=1S/C18H17NO5S/c1-2-16(20)13-7-9-14(10-8-13)24-12-11-19-18(21)15-5-3-4-6-17(15)25(19,22)23/h3-10H,2,11-12H2,1H3. The summed E-state index contributed by atoms with van der Waals surface area (Å²) in [5, 5.41) is 0. The van der Waals surface area contributed by atoms with E-state index in [4.69, 9.17) is 4.74 Å². The van der Waals surface area contributed by atoms with Gasteiger partial charge in [-0.1, -0.05) is 19.1 Å².